The molecule has 0 aliphatic heterocycles. The standard InChI is InChI=1S/C13H13FN2O2/c1-3-11-12(8(2)16-18-11)13(17)15-10-7-5-4-6-9(10)14/h4-7H,3H2,1-2H3,(H,15,17). The van der Waals surface area contributed by atoms with Crippen LogP contribution in [-0.2, 0) is 6.42 Å². The maximum absolute atomic E-state index is 13.4. The highest BCUT2D eigenvalue weighted by Gasteiger charge is 2.19. The summed E-state index contributed by atoms with van der Waals surface area (Å²) in [6.07, 6.45) is 0.556. The zero-order valence-electron chi connectivity index (χ0n) is 10.2. The molecular weight excluding hydrogens is 235 g/mol. The van der Waals surface area contributed by atoms with Crippen LogP contribution in [0, 0.1) is 12.7 Å². The van der Waals surface area contributed by atoms with Crippen molar-refractivity contribution in [2.24, 2.45) is 0 Å². The Hall–Kier alpha value is -2.17. The molecule has 0 aliphatic rings. The second-order valence-electron chi connectivity index (χ2n) is 3.85. The Morgan fingerprint density at radius 3 is 2.83 bits per heavy atom. The first-order valence-electron chi connectivity index (χ1n) is 5.64. The van der Waals surface area contributed by atoms with Gasteiger partial charge in [-0.3, -0.25) is 4.79 Å². The number of carbonyl (C=O) groups is 1. The summed E-state index contributed by atoms with van der Waals surface area (Å²) in [5.41, 5.74) is 1.02. The molecule has 2 rings (SSSR count). The fraction of sp³-hybridized carbons (Fsp3) is 0.231. The van der Waals surface area contributed by atoms with Crippen molar-refractivity contribution >= 4 is 11.6 Å². The molecule has 0 spiro atoms. The summed E-state index contributed by atoms with van der Waals surface area (Å²) in [5, 5.41) is 6.26. The molecule has 1 N–H and O–H groups in total. The van der Waals surface area contributed by atoms with Crippen LogP contribution in [0.5, 0.6) is 0 Å². The van der Waals surface area contributed by atoms with E-state index >= 15 is 0 Å². The van der Waals surface area contributed by atoms with Crippen LogP contribution < -0.4 is 5.32 Å². The minimum Gasteiger partial charge on any atom is -0.360 e. The fourth-order valence-electron chi connectivity index (χ4n) is 1.70. The number of rotatable bonds is 3. The minimum absolute atomic E-state index is 0.144. The summed E-state index contributed by atoms with van der Waals surface area (Å²) in [6, 6.07) is 6.01. The number of halogens is 1. The fourth-order valence-corrected chi connectivity index (χ4v) is 1.70. The maximum Gasteiger partial charge on any atom is 0.261 e. The van der Waals surface area contributed by atoms with Crippen molar-refractivity contribution in [1.82, 2.24) is 5.16 Å². The molecule has 0 unspecified atom stereocenters. The van der Waals surface area contributed by atoms with Gasteiger partial charge in [0.25, 0.3) is 5.91 Å². The number of carbonyl (C=O) groups excluding carboxylic acids is 1. The van der Waals surface area contributed by atoms with Crippen molar-refractivity contribution in [3.05, 3.63) is 47.1 Å². The third kappa shape index (κ3) is 2.25. The van der Waals surface area contributed by atoms with Gasteiger partial charge in [-0.2, -0.15) is 0 Å². The van der Waals surface area contributed by atoms with Gasteiger partial charge in [-0.25, -0.2) is 4.39 Å². The number of amides is 1. The van der Waals surface area contributed by atoms with E-state index < -0.39 is 11.7 Å². The zero-order chi connectivity index (χ0) is 13.1. The summed E-state index contributed by atoms with van der Waals surface area (Å²) in [7, 11) is 0. The summed E-state index contributed by atoms with van der Waals surface area (Å²) < 4.78 is 18.4. The lowest BCUT2D eigenvalue weighted by atomic mass is 10.1. The Balaban J connectivity index is 2.28. The lowest BCUT2D eigenvalue weighted by Gasteiger charge is -2.05. The van der Waals surface area contributed by atoms with Gasteiger partial charge in [0, 0.05) is 6.42 Å². The number of aryl methyl sites for hydroxylation is 2. The molecule has 0 bridgehead atoms. The number of hydrogen-bond acceptors (Lipinski definition) is 3. The summed E-state index contributed by atoms with van der Waals surface area (Å²) >= 11 is 0. The summed E-state index contributed by atoms with van der Waals surface area (Å²) in [4.78, 5) is 12.1. The molecule has 0 saturated carbocycles. The van der Waals surface area contributed by atoms with Crippen LogP contribution in [0.3, 0.4) is 0 Å². The summed E-state index contributed by atoms with van der Waals surface area (Å²) in [5.74, 6) is -0.380. The maximum atomic E-state index is 13.4. The molecule has 18 heavy (non-hydrogen) atoms. The molecule has 1 amide bonds. The van der Waals surface area contributed by atoms with E-state index in [4.69, 9.17) is 4.52 Å². The molecule has 4 nitrogen and oxygen atoms in total. The normalized spacial score (nSPS) is 10.4. The number of anilines is 1. The van der Waals surface area contributed by atoms with Crippen LogP contribution in [0.2, 0.25) is 0 Å². The van der Waals surface area contributed by atoms with Crippen LogP contribution >= 0.6 is 0 Å². The van der Waals surface area contributed by atoms with E-state index in [2.05, 4.69) is 10.5 Å². The SMILES string of the molecule is CCc1onc(C)c1C(=O)Nc1ccccc1F. The van der Waals surface area contributed by atoms with Gasteiger partial charge in [-0.05, 0) is 19.1 Å². The second-order valence-corrected chi connectivity index (χ2v) is 3.85. The molecule has 0 aliphatic carbocycles. The first-order valence-corrected chi connectivity index (χ1v) is 5.64. The minimum atomic E-state index is -0.474. The average molecular weight is 248 g/mol. The number of nitrogens with one attached hydrogen (secondary N) is 1. The summed E-state index contributed by atoms with van der Waals surface area (Å²) in [6.45, 7) is 3.54. The Bertz CT molecular complexity index is 578. The topological polar surface area (TPSA) is 55.1 Å². The van der Waals surface area contributed by atoms with E-state index in [0.29, 0.717) is 23.4 Å². The van der Waals surface area contributed by atoms with Gasteiger partial charge in [0.05, 0.1) is 11.4 Å². The van der Waals surface area contributed by atoms with Gasteiger partial charge in [-0.15, -0.1) is 0 Å². The van der Waals surface area contributed by atoms with E-state index in [1.54, 1.807) is 19.1 Å². The molecule has 0 fully saturated rings. The highest BCUT2D eigenvalue weighted by Crippen LogP contribution is 2.18. The van der Waals surface area contributed by atoms with Crippen LogP contribution in [-0.4, -0.2) is 11.1 Å². The number of nitrogens with zero attached hydrogens (tertiary/aromatic N) is 1. The van der Waals surface area contributed by atoms with Crippen molar-refractivity contribution in [2.45, 2.75) is 20.3 Å². The van der Waals surface area contributed by atoms with Gasteiger partial charge < -0.3 is 9.84 Å². The molecule has 0 atom stereocenters. The monoisotopic (exact) mass is 248 g/mol. The molecule has 2 aromatic rings. The van der Waals surface area contributed by atoms with Crippen LogP contribution in [0.1, 0.15) is 28.7 Å². The van der Waals surface area contributed by atoms with Gasteiger partial charge in [0.1, 0.15) is 17.1 Å². The Kier molecular flexibility index (Phi) is 3.41. The van der Waals surface area contributed by atoms with Crippen molar-refractivity contribution < 1.29 is 13.7 Å². The van der Waals surface area contributed by atoms with Crippen molar-refractivity contribution in [2.75, 3.05) is 5.32 Å². The third-order valence-electron chi connectivity index (χ3n) is 2.60. The van der Waals surface area contributed by atoms with Crippen LogP contribution in [0.25, 0.3) is 0 Å². The lowest BCUT2D eigenvalue weighted by molar-refractivity contribution is 0.102. The van der Waals surface area contributed by atoms with Gasteiger partial charge in [-0.1, -0.05) is 24.2 Å². The first-order chi connectivity index (χ1) is 8.63. The molecule has 94 valence electrons. The van der Waals surface area contributed by atoms with Crippen LogP contribution in [0.4, 0.5) is 10.1 Å². The number of aromatic nitrogens is 1. The Morgan fingerprint density at radius 1 is 1.44 bits per heavy atom. The van der Waals surface area contributed by atoms with E-state index in [1.165, 1.54) is 12.1 Å². The lowest BCUT2D eigenvalue weighted by Crippen LogP contribution is -2.15. The average Bonchev–Trinajstić information content (AvgIpc) is 2.73. The molecule has 0 radical (unpaired) electrons. The molecule has 1 aromatic heterocycles. The smallest absolute Gasteiger partial charge is 0.261 e. The van der Waals surface area contributed by atoms with E-state index in [0.717, 1.165) is 0 Å². The quantitative estimate of drug-likeness (QED) is 0.908. The first kappa shape index (κ1) is 12.3. The van der Waals surface area contributed by atoms with Gasteiger partial charge in [0.15, 0.2) is 0 Å². The molecule has 1 aromatic carbocycles. The molecular formula is C13H13FN2O2. The van der Waals surface area contributed by atoms with E-state index in [9.17, 15) is 9.18 Å². The van der Waals surface area contributed by atoms with E-state index in [1.807, 2.05) is 6.92 Å². The highest BCUT2D eigenvalue weighted by atomic mass is 19.1. The third-order valence-corrected chi connectivity index (χ3v) is 2.60. The number of hydrogen-bond donors (Lipinski definition) is 1. The van der Waals surface area contributed by atoms with Crippen molar-refractivity contribution in [3.8, 4) is 0 Å². The Morgan fingerprint density at radius 2 is 2.17 bits per heavy atom. The highest BCUT2D eigenvalue weighted by molar-refractivity contribution is 6.05. The second kappa shape index (κ2) is 5.00. The largest absolute Gasteiger partial charge is 0.360 e. The molecule has 1 heterocycles. The van der Waals surface area contributed by atoms with E-state index in [-0.39, 0.29) is 5.69 Å². The van der Waals surface area contributed by atoms with Gasteiger partial charge >= 0.3 is 0 Å². The number of benzene rings is 1. The number of para-hydroxylation sites is 1. The zero-order valence-corrected chi connectivity index (χ0v) is 10.2. The predicted octanol–water partition coefficient (Wildman–Crippen LogP) is 2.94. The molecule has 5 heteroatoms. The van der Waals surface area contributed by atoms with Crippen molar-refractivity contribution in [3.63, 3.8) is 0 Å². The Labute approximate surface area is 104 Å². The molecule has 0 saturated heterocycles. The van der Waals surface area contributed by atoms with Crippen molar-refractivity contribution in [1.29, 1.82) is 0 Å². The van der Waals surface area contributed by atoms with Gasteiger partial charge in [0.2, 0.25) is 0 Å². The van der Waals surface area contributed by atoms with Crippen LogP contribution in [0.15, 0.2) is 28.8 Å². The predicted molar refractivity (Wildman–Crippen MR) is 65.0 cm³/mol.